The first-order valence-corrected chi connectivity index (χ1v) is 8.47. The van der Waals surface area contributed by atoms with E-state index in [0.29, 0.717) is 19.5 Å². The fourth-order valence-electron chi connectivity index (χ4n) is 3.44. The number of amides is 1. The number of imidazole rings is 1. The third-order valence-corrected chi connectivity index (χ3v) is 4.78. The van der Waals surface area contributed by atoms with Gasteiger partial charge in [0.1, 0.15) is 5.82 Å². The van der Waals surface area contributed by atoms with Gasteiger partial charge in [0.25, 0.3) is 0 Å². The number of nitrogens with zero attached hydrogens (tertiary/aromatic N) is 2. The van der Waals surface area contributed by atoms with Crippen LogP contribution in [-0.2, 0) is 11.2 Å². The maximum absolute atomic E-state index is 12.4. The third-order valence-electron chi connectivity index (χ3n) is 4.78. The molecule has 4 rings (SSSR count). The molecule has 0 spiro atoms. The molecule has 1 aliphatic heterocycles. The van der Waals surface area contributed by atoms with E-state index in [4.69, 9.17) is 0 Å². The Morgan fingerprint density at radius 2 is 2.25 bits per heavy atom. The van der Waals surface area contributed by atoms with Crippen molar-refractivity contribution in [1.29, 1.82) is 0 Å². The van der Waals surface area contributed by atoms with E-state index in [1.807, 2.05) is 36.4 Å². The molecule has 124 valence electrons. The number of likely N-dealkylation sites (tertiary alicyclic amines) is 1. The Bertz CT molecular complexity index is 788. The molecular formula is C19H21N3O2. The number of para-hydroxylation sites is 2. The summed E-state index contributed by atoms with van der Waals surface area (Å²) in [6.07, 6.45) is 7.95. The zero-order chi connectivity index (χ0) is 16.5. The standard InChI is InChI=1S/C19H21N3O2/c23-15-9-10-22(12-15)19(24)14-7-5-13(6-8-14)11-18-20-16-3-1-2-4-17(16)21-18/h1-7,14-15,23H,8-12H2,(H,20,21). The summed E-state index contributed by atoms with van der Waals surface area (Å²) in [5.41, 5.74) is 3.21. The smallest absolute Gasteiger partial charge is 0.229 e. The molecule has 5 heteroatoms. The van der Waals surface area contributed by atoms with Gasteiger partial charge >= 0.3 is 0 Å². The molecule has 2 heterocycles. The maximum Gasteiger partial charge on any atom is 0.229 e. The molecule has 1 saturated heterocycles. The van der Waals surface area contributed by atoms with Crippen LogP contribution in [0.5, 0.6) is 0 Å². The normalized spacial score (nSPS) is 23.7. The number of allylic oxidation sites excluding steroid dienone is 3. The minimum absolute atomic E-state index is 0.102. The SMILES string of the molecule is O=C(C1C=CC(Cc2nc3ccccc3[nH]2)=CC1)N1CCC(O)C1. The molecule has 2 N–H and O–H groups in total. The van der Waals surface area contributed by atoms with Crippen molar-refractivity contribution in [2.75, 3.05) is 13.1 Å². The van der Waals surface area contributed by atoms with Crippen LogP contribution in [0.15, 0.2) is 48.1 Å². The molecule has 2 atom stereocenters. The van der Waals surface area contributed by atoms with Crippen LogP contribution in [0.1, 0.15) is 18.7 Å². The van der Waals surface area contributed by atoms with Gasteiger partial charge in [0.05, 0.1) is 23.1 Å². The second-order valence-electron chi connectivity index (χ2n) is 6.58. The second kappa shape index (κ2) is 6.24. The lowest BCUT2D eigenvalue weighted by Gasteiger charge is -2.22. The molecule has 1 aliphatic carbocycles. The van der Waals surface area contributed by atoms with E-state index >= 15 is 0 Å². The quantitative estimate of drug-likeness (QED) is 0.910. The van der Waals surface area contributed by atoms with E-state index in [1.165, 1.54) is 5.57 Å². The van der Waals surface area contributed by atoms with Crippen LogP contribution in [0.2, 0.25) is 0 Å². The Hall–Kier alpha value is -2.40. The maximum atomic E-state index is 12.4. The Balaban J connectivity index is 1.40. The fourth-order valence-corrected chi connectivity index (χ4v) is 3.44. The van der Waals surface area contributed by atoms with Crippen molar-refractivity contribution < 1.29 is 9.90 Å². The first kappa shape index (κ1) is 15.1. The highest BCUT2D eigenvalue weighted by atomic mass is 16.3. The summed E-state index contributed by atoms with van der Waals surface area (Å²) in [6.45, 7) is 1.14. The van der Waals surface area contributed by atoms with Crippen molar-refractivity contribution >= 4 is 16.9 Å². The Kier molecular flexibility index (Phi) is 3.94. The first-order chi connectivity index (χ1) is 11.7. The topological polar surface area (TPSA) is 69.2 Å². The lowest BCUT2D eigenvalue weighted by Crippen LogP contribution is -2.34. The van der Waals surface area contributed by atoms with Gasteiger partial charge in [0.15, 0.2) is 0 Å². The number of β-amino-alcohol motifs (C(OH)–C–C–N with tert-alkyl or cyclic N) is 1. The van der Waals surface area contributed by atoms with E-state index in [1.54, 1.807) is 4.90 Å². The number of H-pyrrole nitrogens is 1. The highest BCUT2D eigenvalue weighted by Crippen LogP contribution is 2.23. The summed E-state index contributed by atoms with van der Waals surface area (Å²) in [5.74, 6) is 0.969. The number of aliphatic hydroxyl groups is 1. The molecule has 0 bridgehead atoms. The highest BCUT2D eigenvalue weighted by molar-refractivity contribution is 5.81. The summed E-state index contributed by atoms with van der Waals surface area (Å²) in [5, 5.41) is 9.58. The Morgan fingerprint density at radius 3 is 2.96 bits per heavy atom. The number of carbonyl (C=O) groups is 1. The van der Waals surface area contributed by atoms with Crippen molar-refractivity contribution in [2.45, 2.75) is 25.4 Å². The number of aromatic amines is 1. The van der Waals surface area contributed by atoms with Gasteiger partial charge < -0.3 is 15.0 Å². The van der Waals surface area contributed by atoms with E-state index in [0.717, 1.165) is 29.7 Å². The van der Waals surface area contributed by atoms with Crippen LogP contribution >= 0.6 is 0 Å². The molecule has 2 aliphatic rings. The molecule has 2 aromatic rings. The number of hydrogen-bond acceptors (Lipinski definition) is 3. The predicted molar refractivity (Wildman–Crippen MR) is 92.3 cm³/mol. The van der Waals surface area contributed by atoms with Crippen LogP contribution in [0.4, 0.5) is 0 Å². The highest BCUT2D eigenvalue weighted by Gasteiger charge is 2.29. The number of fused-ring (bicyclic) bond motifs is 1. The van der Waals surface area contributed by atoms with Crippen LogP contribution in [0, 0.1) is 5.92 Å². The van der Waals surface area contributed by atoms with E-state index in [-0.39, 0.29) is 17.9 Å². The Morgan fingerprint density at radius 1 is 1.38 bits per heavy atom. The molecular weight excluding hydrogens is 302 g/mol. The van der Waals surface area contributed by atoms with Crippen molar-refractivity contribution in [3.8, 4) is 0 Å². The fraction of sp³-hybridized carbons (Fsp3) is 0.368. The number of rotatable bonds is 3. The van der Waals surface area contributed by atoms with Gasteiger partial charge in [0, 0.05) is 19.5 Å². The summed E-state index contributed by atoms with van der Waals surface area (Å²) >= 11 is 0. The van der Waals surface area contributed by atoms with Gasteiger partial charge in [-0.25, -0.2) is 4.98 Å². The van der Waals surface area contributed by atoms with Crippen molar-refractivity contribution in [1.82, 2.24) is 14.9 Å². The minimum atomic E-state index is -0.360. The average molecular weight is 323 g/mol. The van der Waals surface area contributed by atoms with E-state index < -0.39 is 0 Å². The van der Waals surface area contributed by atoms with Crippen LogP contribution in [-0.4, -0.2) is 45.1 Å². The number of benzene rings is 1. The van der Waals surface area contributed by atoms with Crippen LogP contribution in [0.3, 0.4) is 0 Å². The molecule has 1 amide bonds. The third kappa shape index (κ3) is 2.99. The molecule has 24 heavy (non-hydrogen) atoms. The molecule has 1 aromatic carbocycles. The molecule has 0 saturated carbocycles. The summed E-state index contributed by atoms with van der Waals surface area (Å²) in [4.78, 5) is 22.2. The van der Waals surface area contributed by atoms with Crippen molar-refractivity contribution in [2.24, 2.45) is 5.92 Å². The number of hydrogen-bond donors (Lipinski definition) is 2. The molecule has 1 aromatic heterocycles. The predicted octanol–water partition coefficient (Wildman–Crippen LogP) is 2.20. The van der Waals surface area contributed by atoms with Crippen molar-refractivity contribution in [3.63, 3.8) is 0 Å². The van der Waals surface area contributed by atoms with Crippen LogP contribution in [0.25, 0.3) is 11.0 Å². The van der Waals surface area contributed by atoms with E-state index in [9.17, 15) is 9.90 Å². The number of nitrogens with one attached hydrogen (secondary N) is 1. The summed E-state index contributed by atoms with van der Waals surface area (Å²) < 4.78 is 0. The van der Waals surface area contributed by atoms with Gasteiger partial charge in [-0.15, -0.1) is 0 Å². The van der Waals surface area contributed by atoms with Gasteiger partial charge in [-0.3, -0.25) is 4.79 Å². The van der Waals surface area contributed by atoms with Crippen molar-refractivity contribution in [3.05, 3.63) is 53.9 Å². The minimum Gasteiger partial charge on any atom is -0.391 e. The van der Waals surface area contributed by atoms with Gasteiger partial charge in [0.2, 0.25) is 5.91 Å². The number of carbonyl (C=O) groups excluding carboxylic acids is 1. The van der Waals surface area contributed by atoms with Gasteiger partial charge in [-0.2, -0.15) is 0 Å². The summed E-state index contributed by atoms with van der Waals surface area (Å²) in [6, 6.07) is 8.00. The van der Waals surface area contributed by atoms with E-state index in [2.05, 4.69) is 16.0 Å². The van der Waals surface area contributed by atoms with Gasteiger partial charge in [-0.1, -0.05) is 30.4 Å². The Labute approximate surface area is 140 Å². The zero-order valence-corrected chi connectivity index (χ0v) is 13.5. The molecule has 0 radical (unpaired) electrons. The number of aliphatic hydroxyl groups excluding tert-OH is 1. The first-order valence-electron chi connectivity index (χ1n) is 8.47. The largest absolute Gasteiger partial charge is 0.391 e. The lowest BCUT2D eigenvalue weighted by molar-refractivity contribution is -0.133. The number of aromatic nitrogens is 2. The molecule has 1 fully saturated rings. The molecule has 2 unspecified atom stereocenters. The second-order valence-corrected chi connectivity index (χ2v) is 6.58. The van der Waals surface area contributed by atoms with Gasteiger partial charge in [-0.05, 0) is 30.5 Å². The average Bonchev–Trinajstić information content (AvgIpc) is 3.20. The summed E-state index contributed by atoms with van der Waals surface area (Å²) in [7, 11) is 0. The molecule has 5 nitrogen and oxygen atoms in total. The van der Waals surface area contributed by atoms with Crippen LogP contribution < -0.4 is 0 Å². The zero-order valence-electron chi connectivity index (χ0n) is 13.5. The monoisotopic (exact) mass is 323 g/mol. The lowest BCUT2D eigenvalue weighted by atomic mass is 9.94.